The van der Waals surface area contributed by atoms with Crippen LogP contribution in [0.1, 0.15) is 136 Å². The number of aliphatic hydroxyl groups is 2. The number of carbonyl (C=O) groups excluding carboxylic acids is 9. The molecule has 24 nitrogen and oxygen atoms in total. The lowest BCUT2D eigenvalue weighted by Gasteiger charge is -2.37. The lowest BCUT2D eigenvalue weighted by molar-refractivity contribution is -0.145. The third-order valence-corrected chi connectivity index (χ3v) is 14.3. The summed E-state index contributed by atoms with van der Waals surface area (Å²) >= 11 is 0. The van der Waals surface area contributed by atoms with E-state index in [0.29, 0.717) is 25.1 Å². The van der Waals surface area contributed by atoms with Crippen molar-refractivity contribution >= 4 is 58.9 Å². The Bertz CT molecular complexity index is 2470. The van der Waals surface area contributed by atoms with Crippen LogP contribution in [0.4, 0.5) is 5.69 Å². The summed E-state index contributed by atoms with van der Waals surface area (Å²) in [5.74, 6) is -4.93. The fraction of sp³-hybridized carbons (Fsp3) is 0.627. The molecule has 24 heteroatoms. The molecule has 0 radical (unpaired) electrons. The van der Waals surface area contributed by atoms with Gasteiger partial charge in [-0.3, -0.25) is 63.7 Å². The number of fused-ring (bicyclic) bond motifs is 2. The average Bonchev–Trinajstić information content (AvgIpc) is 3.85. The van der Waals surface area contributed by atoms with Gasteiger partial charge in [0.25, 0.3) is 23.6 Å². The largest absolute Gasteiger partial charge is 0.382 e. The van der Waals surface area contributed by atoms with Gasteiger partial charge in [0.1, 0.15) is 35.7 Å². The number of imide groups is 2. The SMILES string of the molecule is CCC[C@H](NC(=O)[C@@H]1[C@H]2CCC[C@H]2CN1C(=O)[C@@H](NC(=O)[C@H](C)NC(O)c1cnc(C(=O)NCCOCCOCCNc2cccc3c2C(=O)N(C2CCC(=O)NC2=O)C3=O)cn1)C(C)(C)C)C(O)C(=O)NC1CC1. The van der Waals surface area contributed by atoms with E-state index in [-0.39, 0.29) is 92.8 Å². The van der Waals surface area contributed by atoms with Crippen molar-refractivity contribution in [1.29, 1.82) is 0 Å². The van der Waals surface area contributed by atoms with Crippen LogP contribution in [0.5, 0.6) is 0 Å². The smallest absolute Gasteiger partial charge is 0.271 e. The van der Waals surface area contributed by atoms with Crippen LogP contribution in [0, 0.1) is 17.3 Å². The van der Waals surface area contributed by atoms with Crippen molar-refractivity contribution in [3.63, 3.8) is 0 Å². The zero-order valence-electron chi connectivity index (χ0n) is 43.1. The summed E-state index contributed by atoms with van der Waals surface area (Å²) in [4.78, 5) is 129. The minimum absolute atomic E-state index is 0.0228. The Hall–Kier alpha value is -6.47. The van der Waals surface area contributed by atoms with E-state index in [1.807, 2.05) is 6.92 Å². The molecule has 408 valence electrons. The van der Waals surface area contributed by atoms with E-state index in [1.165, 1.54) is 25.4 Å². The molecule has 2 saturated heterocycles. The number of piperidine rings is 1. The maximum Gasteiger partial charge on any atom is 0.271 e. The van der Waals surface area contributed by atoms with Gasteiger partial charge < -0.3 is 51.2 Å². The Morgan fingerprint density at radius 2 is 1.61 bits per heavy atom. The van der Waals surface area contributed by atoms with Crippen molar-refractivity contribution in [2.75, 3.05) is 51.4 Å². The van der Waals surface area contributed by atoms with Gasteiger partial charge in [-0.2, -0.15) is 0 Å². The number of hydrogen-bond donors (Lipinski definition) is 9. The molecule has 3 aliphatic heterocycles. The van der Waals surface area contributed by atoms with E-state index in [2.05, 4.69) is 47.2 Å². The highest BCUT2D eigenvalue weighted by atomic mass is 16.5. The van der Waals surface area contributed by atoms with Crippen molar-refractivity contribution in [2.45, 2.75) is 141 Å². The van der Waals surface area contributed by atoms with E-state index in [0.717, 1.165) is 37.0 Å². The van der Waals surface area contributed by atoms with Gasteiger partial charge in [-0.1, -0.05) is 46.6 Å². The maximum atomic E-state index is 14.5. The number of amides is 9. The molecule has 9 amide bonds. The van der Waals surface area contributed by atoms with Crippen LogP contribution in [0.15, 0.2) is 30.6 Å². The molecule has 3 unspecified atom stereocenters. The number of anilines is 1. The first-order valence-corrected chi connectivity index (χ1v) is 26.0. The van der Waals surface area contributed by atoms with Crippen LogP contribution in [-0.2, 0) is 38.2 Å². The third-order valence-electron chi connectivity index (χ3n) is 14.3. The van der Waals surface area contributed by atoms with Crippen LogP contribution in [0.3, 0.4) is 0 Å². The molecule has 2 aromatic rings. The minimum atomic E-state index is -1.49. The van der Waals surface area contributed by atoms with Crippen molar-refractivity contribution in [3.8, 4) is 0 Å². The first-order valence-electron chi connectivity index (χ1n) is 26.0. The summed E-state index contributed by atoms with van der Waals surface area (Å²) < 4.78 is 11.2. The lowest BCUT2D eigenvalue weighted by Crippen LogP contribution is -2.61. The standard InChI is InChI=1S/C51H71N11O13/c1-6-9-33(40(64)47(70)57-29-14-15-29)58-46(69)39-30-11-7-10-28(30)26-61(39)50(73)41(51(3,4)5)60-42(65)27(2)56-44(67)35-25-54-34(24-55-35)43(66)53-19-21-75-23-22-74-20-18-52-32-13-8-12-31-38(32)49(72)62(48(31)71)36-16-17-37(63)59-45(36)68/h8,12-13,24-25,27-30,33,36,39-41,44,52,56,64,67H,6-7,9-11,14-23,26H2,1-5H3,(H,53,66)(H,57,70)(H,58,69)(H,60,65)(H,59,63,68)/t27-,28-,30-,33-,36?,39-,40?,41+,44?/m0/s1. The average molecular weight is 1050 g/mol. The fourth-order valence-corrected chi connectivity index (χ4v) is 10.1. The van der Waals surface area contributed by atoms with Crippen molar-refractivity contribution in [2.24, 2.45) is 17.3 Å². The van der Waals surface area contributed by atoms with E-state index < -0.39 is 101 Å². The van der Waals surface area contributed by atoms with Gasteiger partial charge in [-0.05, 0) is 74.8 Å². The summed E-state index contributed by atoms with van der Waals surface area (Å²) in [6, 6.07) is -0.0566. The molecule has 9 N–H and O–H groups in total. The summed E-state index contributed by atoms with van der Waals surface area (Å²) in [6.45, 7) is 10.4. The highest BCUT2D eigenvalue weighted by Crippen LogP contribution is 2.43. The number of carbonyl (C=O) groups is 9. The lowest BCUT2D eigenvalue weighted by atomic mass is 9.85. The van der Waals surface area contributed by atoms with Crippen molar-refractivity contribution < 1.29 is 62.8 Å². The molecule has 4 heterocycles. The van der Waals surface area contributed by atoms with Crippen LogP contribution >= 0.6 is 0 Å². The Morgan fingerprint density at radius 3 is 2.28 bits per heavy atom. The van der Waals surface area contributed by atoms with Crippen molar-refractivity contribution in [3.05, 3.63) is 53.1 Å². The number of aromatic nitrogens is 2. The van der Waals surface area contributed by atoms with Gasteiger partial charge in [-0.25, -0.2) is 4.98 Å². The predicted molar refractivity (Wildman–Crippen MR) is 267 cm³/mol. The van der Waals surface area contributed by atoms with Gasteiger partial charge in [0.05, 0.1) is 62.0 Å². The van der Waals surface area contributed by atoms with E-state index in [9.17, 15) is 53.4 Å². The number of nitrogens with one attached hydrogen (secondary N) is 7. The van der Waals surface area contributed by atoms with Crippen LogP contribution in [-0.4, -0.2) is 172 Å². The van der Waals surface area contributed by atoms with Crippen LogP contribution in [0.25, 0.3) is 0 Å². The maximum absolute atomic E-state index is 14.5. The second-order valence-corrected chi connectivity index (χ2v) is 20.9. The zero-order valence-corrected chi connectivity index (χ0v) is 43.1. The van der Waals surface area contributed by atoms with Crippen LogP contribution < -0.4 is 37.2 Å². The predicted octanol–water partition coefficient (Wildman–Crippen LogP) is -0.196. The zero-order chi connectivity index (χ0) is 54.1. The minimum Gasteiger partial charge on any atom is -0.382 e. The topological polar surface area (TPSA) is 329 Å². The van der Waals surface area contributed by atoms with Gasteiger partial charge in [0.2, 0.25) is 29.5 Å². The number of likely N-dealkylation sites (tertiary alicyclic amines) is 1. The van der Waals surface area contributed by atoms with Gasteiger partial charge in [0, 0.05) is 37.8 Å². The van der Waals surface area contributed by atoms with E-state index in [4.69, 9.17) is 9.47 Å². The third kappa shape index (κ3) is 13.7. The Labute approximate surface area is 434 Å². The van der Waals surface area contributed by atoms with Gasteiger partial charge in [-0.15, -0.1) is 0 Å². The highest BCUT2D eigenvalue weighted by molar-refractivity contribution is 6.25. The molecule has 9 atom stereocenters. The molecule has 1 aromatic carbocycles. The molecular formula is C51H71N11O13. The molecular weight excluding hydrogens is 975 g/mol. The number of hydrogen-bond acceptors (Lipinski definition) is 17. The first-order chi connectivity index (χ1) is 35.8. The number of ether oxygens (including phenoxy) is 2. The first kappa shape index (κ1) is 56.3. The Morgan fingerprint density at radius 1 is 0.880 bits per heavy atom. The number of aliphatic hydroxyl groups excluding tert-OH is 2. The molecule has 0 spiro atoms. The van der Waals surface area contributed by atoms with Gasteiger partial charge in [0.15, 0.2) is 6.10 Å². The Kier molecular flexibility index (Phi) is 18.7. The number of benzene rings is 1. The Balaban J connectivity index is 0.812. The normalized spacial score (nSPS) is 22.3. The summed E-state index contributed by atoms with van der Waals surface area (Å²) in [7, 11) is 0. The molecule has 2 aliphatic carbocycles. The quantitative estimate of drug-likeness (QED) is 0.0353. The summed E-state index contributed by atoms with van der Waals surface area (Å²) in [5.41, 5.74) is -0.0927. The molecule has 0 bridgehead atoms. The van der Waals surface area contributed by atoms with Crippen LogP contribution in [0.2, 0.25) is 0 Å². The molecule has 4 fully saturated rings. The second-order valence-electron chi connectivity index (χ2n) is 20.9. The monoisotopic (exact) mass is 1050 g/mol. The second kappa shape index (κ2) is 24.9. The number of rotatable bonds is 25. The van der Waals surface area contributed by atoms with E-state index in [1.54, 1.807) is 37.8 Å². The number of nitrogens with zero attached hydrogens (tertiary/aromatic N) is 4. The molecule has 2 saturated carbocycles. The van der Waals surface area contributed by atoms with Crippen molar-refractivity contribution in [1.82, 2.24) is 51.7 Å². The summed E-state index contributed by atoms with van der Waals surface area (Å²) in [6.07, 6.45) is 4.66. The van der Waals surface area contributed by atoms with E-state index >= 15 is 0 Å². The molecule has 5 aliphatic rings. The molecule has 1 aromatic heterocycles. The summed E-state index contributed by atoms with van der Waals surface area (Å²) in [5, 5.41) is 41.2. The molecule has 7 rings (SSSR count). The molecule has 75 heavy (non-hydrogen) atoms. The fourth-order valence-electron chi connectivity index (χ4n) is 10.1. The highest BCUT2D eigenvalue weighted by Gasteiger charge is 2.52. The van der Waals surface area contributed by atoms with Gasteiger partial charge >= 0.3 is 0 Å².